The molecule has 0 spiro atoms. The molecular weight excluding hydrogens is 249 g/mol. The number of nitrogens with zero attached hydrogens (tertiary/aromatic N) is 1. The Morgan fingerprint density at radius 3 is 2.47 bits per heavy atom. The van der Waals surface area contributed by atoms with E-state index in [2.05, 4.69) is 0 Å². The van der Waals surface area contributed by atoms with E-state index in [1.165, 1.54) is 12.1 Å². The largest absolute Gasteiger partial charge is 0.478 e. The van der Waals surface area contributed by atoms with Crippen LogP contribution in [0.4, 0.5) is 4.39 Å². The minimum atomic E-state index is -1.27. The summed E-state index contributed by atoms with van der Waals surface area (Å²) in [6.45, 7) is 7.02. The van der Waals surface area contributed by atoms with Crippen molar-refractivity contribution in [2.24, 2.45) is 0 Å². The number of halogens is 1. The van der Waals surface area contributed by atoms with E-state index in [9.17, 15) is 14.3 Å². The molecule has 1 rings (SSSR count). The van der Waals surface area contributed by atoms with Crippen LogP contribution in [0.3, 0.4) is 0 Å². The second-order valence-corrected chi connectivity index (χ2v) is 5.24. The molecule has 1 aromatic carbocycles. The lowest BCUT2D eigenvalue weighted by molar-refractivity contribution is 0.0353. The van der Waals surface area contributed by atoms with E-state index < -0.39 is 17.4 Å². The lowest BCUT2D eigenvalue weighted by Crippen LogP contribution is -2.38. The van der Waals surface area contributed by atoms with Crippen molar-refractivity contribution < 1.29 is 19.4 Å². The average Bonchev–Trinajstić information content (AvgIpc) is 2.25. The molecule has 0 aliphatic rings. The third kappa shape index (κ3) is 4.96. The Bertz CT molecular complexity index is 454. The summed E-state index contributed by atoms with van der Waals surface area (Å²) in [4.78, 5) is 12.7. The van der Waals surface area contributed by atoms with Gasteiger partial charge in [-0.25, -0.2) is 9.18 Å². The number of rotatable bonds is 6. The van der Waals surface area contributed by atoms with Gasteiger partial charge in [0.05, 0.1) is 11.2 Å². The predicted octanol–water partition coefficient (Wildman–Crippen LogP) is 2.12. The first-order chi connectivity index (χ1) is 8.73. The van der Waals surface area contributed by atoms with Crippen LogP contribution in [0, 0.1) is 5.82 Å². The molecule has 0 amide bonds. The van der Waals surface area contributed by atoms with E-state index in [1.54, 1.807) is 19.9 Å². The maximum Gasteiger partial charge on any atom is 0.338 e. The van der Waals surface area contributed by atoms with Crippen molar-refractivity contribution in [1.82, 2.24) is 4.90 Å². The maximum atomic E-state index is 13.5. The van der Waals surface area contributed by atoms with Gasteiger partial charge in [-0.2, -0.15) is 0 Å². The Morgan fingerprint density at radius 2 is 2.05 bits per heavy atom. The fourth-order valence-electron chi connectivity index (χ4n) is 1.92. The molecule has 106 valence electrons. The van der Waals surface area contributed by atoms with Gasteiger partial charge in [0.1, 0.15) is 5.82 Å². The summed E-state index contributed by atoms with van der Waals surface area (Å²) in [6, 6.07) is 4.10. The highest BCUT2D eigenvalue weighted by molar-refractivity contribution is 5.87. The molecule has 2 N–H and O–H groups in total. The highest BCUT2D eigenvalue weighted by atomic mass is 19.1. The Morgan fingerprint density at radius 1 is 1.42 bits per heavy atom. The first-order valence-electron chi connectivity index (χ1n) is 6.19. The molecule has 0 heterocycles. The van der Waals surface area contributed by atoms with Crippen LogP contribution in [0.1, 0.15) is 36.7 Å². The van der Waals surface area contributed by atoms with Crippen LogP contribution in [0.25, 0.3) is 0 Å². The predicted molar refractivity (Wildman–Crippen MR) is 70.6 cm³/mol. The molecule has 0 fully saturated rings. The number of aromatic carboxylic acids is 1. The minimum Gasteiger partial charge on any atom is -0.478 e. The number of carboxylic acids is 1. The lowest BCUT2D eigenvalue weighted by atomic mass is 10.1. The zero-order chi connectivity index (χ0) is 14.6. The van der Waals surface area contributed by atoms with Crippen LogP contribution in [-0.2, 0) is 6.54 Å². The van der Waals surface area contributed by atoms with E-state index in [-0.39, 0.29) is 5.56 Å². The van der Waals surface area contributed by atoms with Gasteiger partial charge < -0.3 is 10.2 Å². The summed E-state index contributed by atoms with van der Waals surface area (Å²) in [6.07, 6.45) is 0. The van der Waals surface area contributed by atoms with Crippen molar-refractivity contribution in [3.8, 4) is 0 Å². The van der Waals surface area contributed by atoms with Gasteiger partial charge in [-0.05, 0) is 38.1 Å². The third-order valence-electron chi connectivity index (χ3n) is 2.73. The molecule has 1 aromatic rings. The van der Waals surface area contributed by atoms with Crippen molar-refractivity contribution in [3.05, 3.63) is 35.1 Å². The molecule has 5 heteroatoms. The van der Waals surface area contributed by atoms with Gasteiger partial charge >= 0.3 is 5.97 Å². The molecular formula is C14H20FNO3. The van der Waals surface area contributed by atoms with Gasteiger partial charge in [0.2, 0.25) is 0 Å². The van der Waals surface area contributed by atoms with Gasteiger partial charge in [-0.1, -0.05) is 13.0 Å². The first kappa shape index (κ1) is 15.6. The van der Waals surface area contributed by atoms with Crippen LogP contribution in [0.2, 0.25) is 0 Å². The number of carboxylic acid groups (broad SMARTS) is 1. The molecule has 0 saturated heterocycles. The molecule has 0 bridgehead atoms. The first-order valence-corrected chi connectivity index (χ1v) is 6.19. The standard InChI is InChI=1S/C14H20FNO3/c1-4-16(9-14(2,3)19)8-10-5-6-11(13(17)18)12(15)7-10/h5-7,19H,4,8-9H2,1-3H3,(H,17,18). The molecule has 0 unspecified atom stereocenters. The Balaban J connectivity index is 2.81. The molecule has 0 aromatic heterocycles. The third-order valence-corrected chi connectivity index (χ3v) is 2.73. The second kappa shape index (κ2) is 6.12. The van der Waals surface area contributed by atoms with E-state index in [1.807, 2.05) is 11.8 Å². The fraction of sp³-hybridized carbons (Fsp3) is 0.500. The highest BCUT2D eigenvalue weighted by Crippen LogP contribution is 2.14. The summed E-state index contributed by atoms with van der Waals surface area (Å²) < 4.78 is 13.5. The molecule has 0 aliphatic carbocycles. The highest BCUT2D eigenvalue weighted by Gasteiger charge is 2.18. The molecule has 0 saturated carbocycles. The topological polar surface area (TPSA) is 60.8 Å². The van der Waals surface area contributed by atoms with Crippen LogP contribution in [0.15, 0.2) is 18.2 Å². The Hall–Kier alpha value is -1.46. The number of aliphatic hydroxyl groups is 1. The number of likely N-dealkylation sites (N-methyl/N-ethyl adjacent to an activating group) is 1. The number of benzene rings is 1. The zero-order valence-electron chi connectivity index (χ0n) is 11.5. The summed E-state index contributed by atoms with van der Waals surface area (Å²) in [5.74, 6) is -2.00. The lowest BCUT2D eigenvalue weighted by Gasteiger charge is -2.28. The van der Waals surface area contributed by atoms with Crippen LogP contribution in [0.5, 0.6) is 0 Å². The maximum absolute atomic E-state index is 13.5. The molecule has 4 nitrogen and oxygen atoms in total. The van der Waals surface area contributed by atoms with Crippen molar-refractivity contribution in [3.63, 3.8) is 0 Å². The van der Waals surface area contributed by atoms with Gasteiger partial charge in [-0.3, -0.25) is 4.90 Å². The van der Waals surface area contributed by atoms with Crippen LogP contribution in [-0.4, -0.2) is 39.8 Å². The van der Waals surface area contributed by atoms with Gasteiger partial charge in [0, 0.05) is 13.1 Å². The molecule has 19 heavy (non-hydrogen) atoms. The van der Waals surface area contributed by atoms with Crippen molar-refractivity contribution in [2.75, 3.05) is 13.1 Å². The van der Waals surface area contributed by atoms with Crippen molar-refractivity contribution in [1.29, 1.82) is 0 Å². The second-order valence-electron chi connectivity index (χ2n) is 5.24. The fourth-order valence-corrected chi connectivity index (χ4v) is 1.92. The van der Waals surface area contributed by atoms with E-state index in [0.717, 1.165) is 0 Å². The van der Waals surface area contributed by atoms with Crippen molar-refractivity contribution >= 4 is 5.97 Å². The summed E-state index contributed by atoms with van der Waals surface area (Å²) in [5.41, 5.74) is -0.460. The van der Waals surface area contributed by atoms with E-state index >= 15 is 0 Å². The molecule has 0 radical (unpaired) electrons. The number of hydrogen-bond acceptors (Lipinski definition) is 3. The monoisotopic (exact) mass is 269 g/mol. The zero-order valence-corrected chi connectivity index (χ0v) is 11.5. The van der Waals surface area contributed by atoms with E-state index in [0.29, 0.717) is 25.2 Å². The van der Waals surface area contributed by atoms with Crippen LogP contribution < -0.4 is 0 Å². The van der Waals surface area contributed by atoms with Crippen LogP contribution >= 0.6 is 0 Å². The Labute approximate surface area is 112 Å². The summed E-state index contributed by atoms with van der Waals surface area (Å²) in [7, 11) is 0. The van der Waals surface area contributed by atoms with E-state index in [4.69, 9.17) is 5.11 Å². The number of hydrogen-bond donors (Lipinski definition) is 2. The smallest absolute Gasteiger partial charge is 0.338 e. The number of carbonyl (C=O) groups is 1. The summed E-state index contributed by atoms with van der Waals surface area (Å²) in [5, 5.41) is 18.5. The molecule has 0 atom stereocenters. The normalized spacial score (nSPS) is 11.9. The quantitative estimate of drug-likeness (QED) is 0.830. The van der Waals surface area contributed by atoms with Gasteiger partial charge in [0.15, 0.2) is 0 Å². The Kier molecular flexibility index (Phi) is 5.03. The summed E-state index contributed by atoms with van der Waals surface area (Å²) >= 11 is 0. The molecule has 0 aliphatic heterocycles. The minimum absolute atomic E-state index is 0.325. The average molecular weight is 269 g/mol. The van der Waals surface area contributed by atoms with Gasteiger partial charge in [-0.15, -0.1) is 0 Å². The van der Waals surface area contributed by atoms with Gasteiger partial charge in [0.25, 0.3) is 0 Å². The SMILES string of the molecule is CCN(Cc1ccc(C(=O)O)c(F)c1)CC(C)(C)O. The van der Waals surface area contributed by atoms with Crippen molar-refractivity contribution in [2.45, 2.75) is 32.9 Å².